The van der Waals surface area contributed by atoms with Crippen LogP contribution in [0.5, 0.6) is 0 Å². The zero-order chi connectivity index (χ0) is 14.4. The topological polar surface area (TPSA) is 49.4 Å². The summed E-state index contributed by atoms with van der Waals surface area (Å²) in [6.45, 7) is 5.01. The van der Waals surface area contributed by atoms with E-state index in [0.717, 1.165) is 0 Å². The van der Waals surface area contributed by atoms with Gasteiger partial charge in [0.05, 0.1) is 10.0 Å². The minimum atomic E-state index is -0.935. The maximum absolute atomic E-state index is 12.4. The van der Waals surface area contributed by atoms with Crippen LogP contribution in [-0.2, 0) is 9.59 Å². The molecule has 0 radical (unpaired) electrons. The predicted molar refractivity (Wildman–Crippen MR) is 75.6 cm³/mol. The average molecular weight is 301 g/mol. The van der Waals surface area contributed by atoms with Crippen LogP contribution in [0.4, 0.5) is 5.69 Å². The molecule has 1 aliphatic rings. The highest BCUT2D eigenvalue weighted by Crippen LogP contribution is 2.31. The Hall–Kier alpha value is -1.26. The second kappa shape index (κ2) is 4.69. The van der Waals surface area contributed by atoms with Crippen LogP contribution >= 0.6 is 23.2 Å². The third kappa shape index (κ3) is 2.42. The van der Waals surface area contributed by atoms with E-state index in [4.69, 9.17) is 23.2 Å². The van der Waals surface area contributed by atoms with Gasteiger partial charge in [-0.15, -0.1) is 0 Å². The van der Waals surface area contributed by atoms with Gasteiger partial charge in [-0.1, -0.05) is 23.2 Å². The van der Waals surface area contributed by atoms with Crippen LogP contribution in [0.1, 0.15) is 20.8 Å². The number of amides is 2. The molecular formula is C13H14Cl2N2O2. The van der Waals surface area contributed by atoms with E-state index in [-0.39, 0.29) is 11.8 Å². The van der Waals surface area contributed by atoms with Crippen molar-refractivity contribution in [1.82, 2.24) is 5.32 Å². The zero-order valence-corrected chi connectivity index (χ0v) is 12.3. The molecule has 102 valence electrons. The molecule has 1 aliphatic heterocycles. The Morgan fingerprint density at radius 1 is 1.21 bits per heavy atom. The van der Waals surface area contributed by atoms with Gasteiger partial charge >= 0.3 is 0 Å². The first-order chi connectivity index (χ1) is 8.74. The van der Waals surface area contributed by atoms with Gasteiger partial charge in [-0.25, -0.2) is 0 Å². The number of hydrogen-bond donors (Lipinski definition) is 1. The van der Waals surface area contributed by atoms with Crippen molar-refractivity contribution in [3.8, 4) is 0 Å². The van der Waals surface area contributed by atoms with E-state index in [2.05, 4.69) is 5.32 Å². The lowest BCUT2D eigenvalue weighted by Gasteiger charge is -2.41. The fourth-order valence-electron chi connectivity index (χ4n) is 2.04. The minimum absolute atomic E-state index is 0.182. The van der Waals surface area contributed by atoms with E-state index in [1.807, 2.05) is 0 Å². The predicted octanol–water partition coefficient (Wildman–Crippen LogP) is 2.62. The van der Waals surface area contributed by atoms with Crippen LogP contribution in [-0.4, -0.2) is 23.4 Å². The van der Waals surface area contributed by atoms with Crippen LogP contribution in [0, 0.1) is 0 Å². The molecule has 0 spiro atoms. The smallest absolute Gasteiger partial charge is 0.252 e. The minimum Gasteiger partial charge on any atom is -0.340 e. The monoisotopic (exact) mass is 300 g/mol. The number of halogens is 2. The van der Waals surface area contributed by atoms with Gasteiger partial charge in [0.2, 0.25) is 5.91 Å². The maximum Gasteiger partial charge on any atom is 0.252 e. The van der Waals surface area contributed by atoms with Crippen molar-refractivity contribution in [2.24, 2.45) is 0 Å². The molecule has 4 nitrogen and oxygen atoms in total. The normalized spacial score (nSPS) is 22.4. The van der Waals surface area contributed by atoms with Gasteiger partial charge in [0.25, 0.3) is 5.91 Å². The number of piperazine rings is 1. The summed E-state index contributed by atoms with van der Waals surface area (Å²) in [6, 6.07) is 4.29. The van der Waals surface area contributed by atoms with Crippen molar-refractivity contribution in [3.63, 3.8) is 0 Å². The van der Waals surface area contributed by atoms with Gasteiger partial charge in [-0.3, -0.25) is 14.5 Å². The number of carbonyl (C=O) groups is 2. The van der Waals surface area contributed by atoms with Crippen molar-refractivity contribution in [1.29, 1.82) is 0 Å². The van der Waals surface area contributed by atoms with E-state index < -0.39 is 11.6 Å². The van der Waals surface area contributed by atoms with Gasteiger partial charge in [0, 0.05) is 5.69 Å². The summed E-state index contributed by atoms with van der Waals surface area (Å²) < 4.78 is 0. The highest BCUT2D eigenvalue weighted by Gasteiger charge is 2.44. The summed E-state index contributed by atoms with van der Waals surface area (Å²) in [7, 11) is 0. The number of nitrogens with one attached hydrogen (secondary N) is 1. The highest BCUT2D eigenvalue weighted by molar-refractivity contribution is 6.42. The van der Waals surface area contributed by atoms with Crippen LogP contribution in [0.15, 0.2) is 18.2 Å². The second-order valence-electron chi connectivity index (χ2n) is 5.06. The molecule has 2 amide bonds. The summed E-state index contributed by atoms with van der Waals surface area (Å²) in [5.41, 5.74) is -0.370. The van der Waals surface area contributed by atoms with E-state index >= 15 is 0 Å². The van der Waals surface area contributed by atoms with E-state index in [1.165, 1.54) is 4.90 Å². The zero-order valence-electron chi connectivity index (χ0n) is 10.8. The molecule has 1 aromatic carbocycles. The largest absolute Gasteiger partial charge is 0.340 e. The summed E-state index contributed by atoms with van der Waals surface area (Å²) in [6.07, 6.45) is 0. The molecule has 2 rings (SSSR count). The molecule has 0 saturated carbocycles. The van der Waals surface area contributed by atoms with E-state index in [9.17, 15) is 9.59 Å². The number of anilines is 1. The highest BCUT2D eigenvalue weighted by atomic mass is 35.5. The molecule has 19 heavy (non-hydrogen) atoms. The number of nitrogens with zero attached hydrogens (tertiary/aromatic N) is 1. The molecule has 1 atom stereocenters. The summed E-state index contributed by atoms with van der Waals surface area (Å²) in [4.78, 5) is 25.8. The van der Waals surface area contributed by atoms with Crippen molar-refractivity contribution < 1.29 is 9.59 Å². The van der Waals surface area contributed by atoms with Crippen LogP contribution < -0.4 is 10.2 Å². The van der Waals surface area contributed by atoms with Gasteiger partial charge < -0.3 is 5.32 Å². The summed E-state index contributed by atoms with van der Waals surface area (Å²) >= 11 is 11.8. The molecule has 1 aromatic rings. The third-order valence-corrected chi connectivity index (χ3v) is 3.88. The Bertz CT molecular complexity index is 558. The Morgan fingerprint density at radius 2 is 1.84 bits per heavy atom. The first-order valence-corrected chi connectivity index (χ1v) is 6.60. The Morgan fingerprint density at radius 3 is 2.42 bits per heavy atom. The first-order valence-electron chi connectivity index (χ1n) is 5.85. The lowest BCUT2D eigenvalue weighted by Crippen LogP contribution is -2.67. The molecule has 1 fully saturated rings. The summed E-state index contributed by atoms with van der Waals surface area (Å²) in [5.74, 6) is -0.381. The number of benzene rings is 1. The van der Waals surface area contributed by atoms with Crippen molar-refractivity contribution >= 4 is 40.7 Å². The molecule has 0 aromatic heterocycles. The van der Waals surface area contributed by atoms with Gasteiger partial charge in [0.15, 0.2) is 0 Å². The van der Waals surface area contributed by atoms with Crippen LogP contribution in [0.3, 0.4) is 0 Å². The number of carbonyl (C=O) groups excluding carboxylic acids is 2. The van der Waals surface area contributed by atoms with Gasteiger partial charge in [-0.2, -0.15) is 0 Å². The lowest BCUT2D eigenvalue weighted by molar-refractivity contribution is -0.136. The summed E-state index contributed by atoms with van der Waals surface area (Å²) in [5, 5.41) is 3.45. The Kier molecular flexibility index (Phi) is 3.49. The molecule has 6 heteroatoms. The number of hydrogen-bond acceptors (Lipinski definition) is 2. The van der Waals surface area contributed by atoms with Crippen LogP contribution in [0.25, 0.3) is 0 Å². The number of rotatable bonds is 1. The first kappa shape index (κ1) is 14.2. The standard InChI is InChI=1S/C13H14Cl2N2O2/c1-7-11(18)16-13(2,3)12(19)17(7)8-4-5-9(14)10(15)6-8/h4-7H,1-3H3,(H,16,18). The third-order valence-electron chi connectivity index (χ3n) is 3.14. The van der Waals surface area contributed by atoms with Crippen LogP contribution in [0.2, 0.25) is 10.0 Å². The quantitative estimate of drug-likeness (QED) is 0.867. The van der Waals surface area contributed by atoms with E-state index in [0.29, 0.717) is 15.7 Å². The Balaban J connectivity index is 2.48. The van der Waals surface area contributed by atoms with E-state index in [1.54, 1.807) is 39.0 Å². The Labute approximate surface area is 121 Å². The van der Waals surface area contributed by atoms with Gasteiger partial charge in [-0.05, 0) is 39.0 Å². The molecule has 1 saturated heterocycles. The molecular weight excluding hydrogens is 287 g/mol. The molecule has 1 N–H and O–H groups in total. The molecule has 0 aliphatic carbocycles. The molecule has 1 heterocycles. The van der Waals surface area contributed by atoms with Crippen molar-refractivity contribution in [3.05, 3.63) is 28.2 Å². The van der Waals surface area contributed by atoms with Crippen molar-refractivity contribution in [2.45, 2.75) is 32.4 Å². The molecule has 1 unspecified atom stereocenters. The SMILES string of the molecule is CC1C(=O)NC(C)(C)C(=O)N1c1ccc(Cl)c(Cl)c1. The van der Waals surface area contributed by atoms with Crippen molar-refractivity contribution in [2.75, 3.05) is 4.90 Å². The average Bonchev–Trinajstić information content (AvgIpc) is 2.31. The maximum atomic E-state index is 12.4. The van der Waals surface area contributed by atoms with Gasteiger partial charge in [0.1, 0.15) is 11.6 Å². The molecule has 0 bridgehead atoms. The fourth-order valence-corrected chi connectivity index (χ4v) is 2.33. The second-order valence-corrected chi connectivity index (χ2v) is 5.88. The fraction of sp³-hybridized carbons (Fsp3) is 0.385. The lowest BCUT2D eigenvalue weighted by atomic mass is 9.96.